The second-order valence-corrected chi connectivity index (χ2v) is 4.57. The third kappa shape index (κ3) is 1.07. The van der Waals surface area contributed by atoms with Crippen molar-refractivity contribution < 1.29 is 14.9 Å². The molecule has 4 atom stereocenters. The van der Waals surface area contributed by atoms with Crippen LogP contribution in [0.25, 0.3) is 11.2 Å². The van der Waals surface area contributed by atoms with Gasteiger partial charge in [-0.2, -0.15) is 0 Å². The maximum absolute atomic E-state index is 12.0. The number of hydrogen-bond acceptors (Lipinski definition) is 6. The van der Waals surface area contributed by atoms with Gasteiger partial charge >= 0.3 is 0 Å². The second kappa shape index (κ2) is 3.16. The summed E-state index contributed by atoms with van der Waals surface area (Å²) in [7, 11) is 0. The minimum absolute atomic E-state index is 0.259. The van der Waals surface area contributed by atoms with Crippen LogP contribution >= 0.6 is 0 Å². The number of aliphatic hydroxyl groups excluding tert-OH is 2. The number of aliphatic hydroxyl groups is 2. The Morgan fingerprint density at radius 3 is 3.00 bits per heavy atom. The highest BCUT2D eigenvalue weighted by atomic mass is 16.6. The second-order valence-electron chi connectivity index (χ2n) is 4.57. The number of nitrogens with zero attached hydrogens (tertiary/aromatic N) is 4. The Morgan fingerprint density at radius 1 is 1.33 bits per heavy atom. The van der Waals surface area contributed by atoms with Crippen LogP contribution in [0.2, 0.25) is 0 Å². The van der Waals surface area contributed by atoms with E-state index in [1.54, 1.807) is 6.07 Å². The Kier molecular flexibility index (Phi) is 1.79. The molecule has 0 saturated carbocycles. The fraction of sp³-hybridized carbons (Fsp3) is 0.500. The molecule has 2 N–H and O–H groups in total. The first-order valence-electron chi connectivity index (χ1n) is 5.63. The molecule has 0 radical (unpaired) electrons. The molecule has 1 fully saturated rings. The van der Waals surface area contributed by atoms with Crippen LogP contribution in [0.5, 0.6) is 0 Å². The van der Waals surface area contributed by atoms with E-state index < -0.39 is 24.5 Å². The fourth-order valence-electron chi connectivity index (χ4n) is 2.64. The molecule has 94 valence electrons. The zero-order valence-electron chi connectivity index (χ0n) is 9.17. The van der Waals surface area contributed by atoms with Gasteiger partial charge in [0.2, 0.25) is 0 Å². The topological polar surface area (TPSA) is 102 Å². The molecule has 4 heterocycles. The van der Waals surface area contributed by atoms with E-state index in [-0.39, 0.29) is 12.1 Å². The van der Waals surface area contributed by atoms with Crippen molar-refractivity contribution in [3.8, 4) is 0 Å². The number of pyridine rings is 1. The standard InChI is InChI=1S/C10H10N4O4/c15-6-2-1-4-9-13(12-11-4)3-5-7(16)8(17)10(18-5)14(6)9/h1-2,5,7-8,10,16-17H,3H2/t5?,7-,8?,10?/m0/s1. The SMILES string of the molecule is O=c1ccc2nnn3c2n1C1OC(C3)[C@H](O)C1O. The molecular weight excluding hydrogens is 240 g/mol. The van der Waals surface area contributed by atoms with Gasteiger partial charge in [-0.3, -0.25) is 9.36 Å². The van der Waals surface area contributed by atoms with E-state index in [1.807, 2.05) is 0 Å². The van der Waals surface area contributed by atoms with Crippen molar-refractivity contribution in [2.45, 2.75) is 31.1 Å². The van der Waals surface area contributed by atoms with Gasteiger partial charge in [0, 0.05) is 6.07 Å². The molecule has 2 bridgehead atoms. The number of ether oxygens (including phenoxy) is 1. The van der Waals surface area contributed by atoms with Crippen LogP contribution < -0.4 is 5.56 Å². The van der Waals surface area contributed by atoms with Crippen molar-refractivity contribution in [2.24, 2.45) is 0 Å². The van der Waals surface area contributed by atoms with Gasteiger partial charge in [-0.05, 0) is 6.07 Å². The molecule has 8 nitrogen and oxygen atoms in total. The first kappa shape index (κ1) is 10.2. The summed E-state index contributed by atoms with van der Waals surface area (Å²) in [6.45, 7) is 0.259. The van der Waals surface area contributed by atoms with Gasteiger partial charge in [-0.15, -0.1) is 5.10 Å². The van der Waals surface area contributed by atoms with Gasteiger partial charge < -0.3 is 14.9 Å². The lowest BCUT2D eigenvalue weighted by molar-refractivity contribution is -0.0351. The molecule has 2 aromatic rings. The van der Waals surface area contributed by atoms with E-state index in [2.05, 4.69) is 10.3 Å². The largest absolute Gasteiger partial charge is 0.387 e. The number of fused-ring (bicyclic) bond motifs is 3. The third-order valence-corrected chi connectivity index (χ3v) is 3.53. The van der Waals surface area contributed by atoms with Crippen LogP contribution in [0, 0.1) is 0 Å². The lowest BCUT2D eigenvalue weighted by Gasteiger charge is -2.19. The molecule has 2 aromatic heterocycles. The van der Waals surface area contributed by atoms with Crippen LogP contribution in [0.1, 0.15) is 6.23 Å². The molecule has 2 aliphatic heterocycles. The van der Waals surface area contributed by atoms with Gasteiger partial charge in [0.25, 0.3) is 5.56 Å². The zero-order chi connectivity index (χ0) is 12.4. The van der Waals surface area contributed by atoms with E-state index in [9.17, 15) is 15.0 Å². The van der Waals surface area contributed by atoms with Gasteiger partial charge in [-0.25, -0.2) is 4.68 Å². The van der Waals surface area contributed by atoms with Gasteiger partial charge in [0.1, 0.15) is 23.8 Å². The van der Waals surface area contributed by atoms with Crippen molar-refractivity contribution in [3.63, 3.8) is 0 Å². The van der Waals surface area contributed by atoms with E-state index in [0.29, 0.717) is 11.2 Å². The molecule has 1 saturated heterocycles. The average molecular weight is 250 g/mol. The predicted molar refractivity (Wildman–Crippen MR) is 57.7 cm³/mol. The predicted octanol–water partition coefficient (Wildman–Crippen LogP) is -1.77. The average Bonchev–Trinajstić information content (AvgIpc) is 2.80. The molecule has 0 amide bonds. The van der Waals surface area contributed by atoms with Crippen molar-refractivity contribution in [1.29, 1.82) is 0 Å². The zero-order valence-corrected chi connectivity index (χ0v) is 9.17. The quantitative estimate of drug-likeness (QED) is 0.573. The summed E-state index contributed by atoms with van der Waals surface area (Å²) in [6, 6.07) is 2.93. The lowest BCUT2D eigenvalue weighted by atomic mass is 10.1. The Hall–Kier alpha value is -1.77. The minimum atomic E-state index is -1.12. The summed E-state index contributed by atoms with van der Waals surface area (Å²) < 4.78 is 8.36. The smallest absolute Gasteiger partial charge is 0.254 e. The van der Waals surface area contributed by atoms with Crippen molar-refractivity contribution in [3.05, 3.63) is 22.5 Å². The Bertz CT molecular complexity index is 693. The van der Waals surface area contributed by atoms with Crippen LogP contribution in [-0.2, 0) is 11.3 Å². The first-order valence-corrected chi connectivity index (χ1v) is 5.63. The third-order valence-electron chi connectivity index (χ3n) is 3.53. The van der Waals surface area contributed by atoms with Crippen LogP contribution in [-0.4, -0.2) is 48.1 Å². The normalized spacial score (nSPS) is 33.9. The van der Waals surface area contributed by atoms with Crippen molar-refractivity contribution in [1.82, 2.24) is 19.6 Å². The molecule has 3 unspecified atom stereocenters. The fourth-order valence-corrected chi connectivity index (χ4v) is 2.64. The molecule has 0 aromatic carbocycles. The highest BCUT2D eigenvalue weighted by Crippen LogP contribution is 2.33. The summed E-state index contributed by atoms with van der Waals surface area (Å²) in [5.74, 6) is 0. The van der Waals surface area contributed by atoms with Gasteiger partial charge in [0.15, 0.2) is 11.9 Å². The molecule has 18 heavy (non-hydrogen) atoms. The summed E-state index contributed by atoms with van der Waals surface area (Å²) in [5, 5.41) is 27.7. The summed E-state index contributed by atoms with van der Waals surface area (Å²) in [5.41, 5.74) is 0.762. The van der Waals surface area contributed by atoms with Crippen LogP contribution in [0.4, 0.5) is 0 Å². The highest BCUT2D eigenvalue weighted by molar-refractivity contribution is 5.70. The molecule has 4 rings (SSSR count). The van der Waals surface area contributed by atoms with E-state index in [0.717, 1.165) is 0 Å². The molecule has 8 heteroatoms. The first-order chi connectivity index (χ1) is 8.66. The Balaban J connectivity index is 2.10. The van der Waals surface area contributed by atoms with Crippen molar-refractivity contribution >= 4 is 11.2 Å². The molecule has 0 aliphatic carbocycles. The van der Waals surface area contributed by atoms with E-state index in [1.165, 1.54) is 15.3 Å². The summed E-state index contributed by atoms with van der Waals surface area (Å²) in [6.07, 6.45) is -3.63. The van der Waals surface area contributed by atoms with Crippen molar-refractivity contribution in [2.75, 3.05) is 0 Å². The number of hydrogen-bond donors (Lipinski definition) is 2. The Morgan fingerprint density at radius 2 is 2.17 bits per heavy atom. The molecule has 2 aliphatic rings. The highest BCUT2D eigenvalue weighted by Gasteiger charge is 2.47. The van der Waals surface area contributed by atoms with Gasteiger partial charge in [0.05, 0.1) is 6.54 Å². The van der Waals surface area contributed by atoms with E-state index in [4.69, 9.17) is 4.74 Å². The maximum atomic E-state index is 12.0. The minimum Gasteiger partial charge on any atom is -0.387 e. The van der Waals surface area contributed by atoms with Crippen LogP contribution in [0.3, 0.4) is 0 Å². The summed E-state index contributed by atoms with van der Waals surface area (Å²) in [4.78, 5) is 12.0. The molecular formula is C10H10N4O4. The lowest BCUT2D eigenvalue weighted by Crippen LogP contribution is -2.38. The van der Waals surface area contributed by atoms with E-state index >= 15 is 0 Å². The Labute approximate surface area is 100 Å². The van der Waals surface area contributed by atoms with Crippen LogP contribution in [0.15, 0.2) is 16.9 Å². The molecule has 0 spiro atoms. The van der Waals surface area contributed by atoms with Gasteiger partial charge in [-0.1, -0.05) is 5.21 Å². The maximum Gasteiger partial charge on any atom is 0.254 e. The number of aromatic nitrogens is 4. The monoisotopic (exact) mass is 250 g/mol. The summed E-state index contributed by atoms with van der Waals surface area (Å²) >= 11 is 0. The number of rotatable bonds is 0.